The van der Waals surface area contributed by atoms with E-state index < -0.39 is 0 Å². The smallest absolute Gasteiger partial charge is 0.322 e. The second kappa shape index (κ2) is 11.9. The molecule has 0 saturated carbocycles. The van der Waals surface area contributed by atoms with Crippen molar-refractivity contribution in [3.63, 3.8) is 0 Å². The Bertz CT molecular complexity index is 186. The minimum Gasteiger partial charge on any atom is -0.468 e. The van der Waals surface area contributed by atoms with Crippen molar-refractivity contribution in [2.75, 3.05) is 27.4 Å². The Hall–Kier alpha value is -0.610. The van der Waals surface area contributed by atoms with Gasteiger partial charge in [0.2, 0.25) is 0 Å². The highest BCUT2D eigenvalue weighted by Crippen LogP contribution is 2.03. The number of ether oxygens (including phenoxy) is 2. The summed E-state index contributed by atoms with van der Waals surface area (Å²) in [6.45, 7) is 3.61. The van der Waals surface area contributed by atoms with Gasteiger partial charge in [-0.2, -0.15) is 0 Å². The zero-order valence-electron chi connectivity index (χ0n) is 11.5. The second-order valence-electron chi connectivity index (χ2n) is 4.18. The molecule has 0 aromatic rings. The van der Waals surface area contributed by atoms with Gasteiger partial charge in [-0.25, -0.2) is 0 Å². The number of likely N-dealkylation sites (N-methyl/N-ethyl adjacent to an activating group) is 1. The van der Waals surface area contributed by atoms with Crippen molar-refractivity contribution in [3.8, 4) is 0 Å². The third-order valence-electron chi connectivity index (χ3n) is 2.78. The molecule has 0 aliphatic heterocycles. The molecule has 0 spiro atoms. The van der Waals surface area contributed by atoms with Crippen LogP contribution in [-0.2, 0) is 14.3 Å². The lowest BCUT2D eigenvalue weighted by atomic mass is 10.2. The van der Waals surface area contributed by atoms with Crippen LogP contribution in [-0.4, -0.2) is 39.4 Å². The molecule has 0 amide bonds. The van der Waals surface area contributed by atoms with Gasteiger partial charge in [-0.05, 0) is 19.9 Å². The summed E-state index contributed by atoms with van der Waals surface area (Å²) < 4.78 is 10.2. The molecule has 4 nitrogen and oxygen atoms in total. The van der Waals surface area contributed by atoms with Gasteiger partial charge in [-0.3, -0.25) is 4.79 Å². The highest BCUT2D eigenvalue weighted by atomic mass is 16.5. The maximum absolute atomic E-state index is 11.2. The molecule has 0 aromatic heterocycles. The Kier molecular flexibility index (Phi) is 11.4. The molecule has 17 heavy (non-hydrogen) atoms. The summed E-state index contributed by atoms with van der Waals surface area (Å²) in [5.74, 6) is -0.223. The van der Waals surface area contributed by atoms with Gasteiger partial charge in [-0.15, -0.1) is 0 Å². The lowest BCUT2D eigenvalue weighted by Gasteiger charge is -2.13. The molecule has 0 bridgehead atoms. The third-order valence-corrected chi connectivity index (χ3v) is 2.78. The zero-order valence-corrected chi connectivity index (χ0v) is 11.5. The van der Waals surface area contributed by atoms with Crippen LogP contribution >= 0.6 is 0 Å². The average molecular weight is 245 g/mol. The highest BCUT2D eigenvalue weighted by Gasteiger charge is 2.15. The fraction of sp³-hybridized carbons (Fsp3) is 0.923. The molecule has 0 heterocycles. The number of carbonyl (C=O) groups excluding carboxylic acids is 1. The Morgan fingerprint density at radius 1 is 1.18 bits per heavy atom. The first-order valence-corrected chi connectivity index (χ1v) is 6.59. The molecule has 1 unspecified atom stereocenters. The molecule has 0 saturated heterocycles. The molecule has 0 aliphatic rings. The molecule has 0 rings (SSSR count). The Labute approximate surface area is 105 Å². The van der Waals surface area contributed by atoms with E-state index in [2.05, 4.69) is 17.0 Å². The third kappa shape index (κ3) is 9.12. The molecule has 0 aliphatic carbocycles. The standard InChI is InChI=1S/C13H27NO3/c1-4-5-6-7-8-10-17-11-9-12(14-2)13(15)16-3/h12,14H,4-11H2,1-3H3. The summed E-state index contributed by atoms with van der Waals surface area (Å²) in [5, 5.41) is 2.92. The van der Waals surface area contributed by atoms with Crippen molar-refractivity contribution in [3.05, 3.63) is 0 Å². The van der Waals surface area contributed by atoms with Gasteiger partial charge >= 0.3 is 5.97 Å². The molecule has 1 N–H and O–H groups in total. The van der Waals surface area contributed by atoms with Crippen LogP contribution in [0.5, 0.6) is 0 Å². The van der Waals surface area contributed by atoms with E-state index in [1.807, 2.05) is 0 Å². The number of carbonyl (C=O) groups is 1. The summed E-state index contributed by atoms with van der Waals surface area (Å²) in [6.07, 6.45) is 6.88. The Morgan fingerprint density at radius 2 is 1.88 bits per heavy atom. The minimum atomic E-state index is -0.250. The number of rotatable bonds is 11. The minimum absolute atomic E-state index is 0.223. The van der Waals surface area contributed by atoms with E-state index in [-0.39, 0.29) is 12.0 Å². The van der Waals surface area contributed by atoms with Crippen molar-refractivity contribution >= 4 is 5.97 Å². The quantitative estimate of drug-likeness (QED) is 0.447. The number of hydrogen-bond acceptors (Lipinski definition) is 4. The molecule has 102 valence electrons. The van der Waals surface area contributed by atoms with Crippen LogP contribution in [0.15, 0.2) is 0 Å². The fourth-order valence-corrected chi connectivity index (χ4v) is 1.63. The van der Waals surface area contributed by atoms with Crippen LogP contribution in [0, 0.1) is 0 Å². The van der Waals surface area contributed by atoms with Gasteiger partial charge in [0.25, 0.3) is 0 Å². The van der Waals surface area contributed by atoms with Crippen molar-refractivity contribution < 1.29 is 14.3 Å². The van der Waals surface area contributed by atoms with E-state index in [0.717, 1.165) is 13.0 Å². The first-order valence-electron chi connectivity index (χ1n) is 6.59. The predicted molar refractivity (Wildman–Crippen MR) is 69.1 cm³/mol. The lowest BCUT2D eigenvalue weighted by molar-refractivity contribution is -0.143. The largest absolute Gasteiger partial charge is 0.468 e. The molecular weight excluding hydrogens is 218 g/mol. The Balaban J connectivity index is 3.34. The SMILES string of the molecule is CCCCCCCOCCC(NC)C(=O)OC. The fourth-order valence-electron chi connectivity index (χ4n) is 1.63. The van der Waals surface area contributed by atoms with Gasteiger partial charge in [-0.1, -0.05) is 32.6 Å². The number of esters is 1. The van der Waals surface area contributed by atoms with E-state index in [0.29, 0.717) is 13.0 Å². The van der Waals surface area contributed by atoms with Crippen LogP contribution in [0.3, 0.4) is 0 Å². The van der Waals surface area contributed by atoms with E-state index in [9.17, 15) is 4.79 Å². The normalized spacial score (nSPS) is 12.4. The topological polar surface area (TPSA) is 47.6 Å². The number of unbranched alkanes of at least 4 members (excludes halogenated alkanes) is 4. The van der Waals surface area contributed by atoms with E-state index in [1.165, 1.54) is 32.8 Å². The van der Waals surface area contributed by atoms with Crippen molar-refractivity contribution in [2.45, 2.75) is 51.5 Å². The highest BCUT2D eigenvalue weighted by molar-refractivity contribution is 5.75. The first kappa shape index (κ1) is 16.4. The van der Waals surface area contributed by atoms with E-state index in [1.54, 1.807) is 7.05 Å². The number of hydrogen-bond donors (Lipinski definition) is 1. The van der Waals surface area contributed by atoms with Crippen LogP contribution in [0.2, 0.25) is 0 Å². The monoisotopic (exact) mass is 245 g/mol. The van der Waals surface area contributed by atoms with E-state index >= 15 is 0 Å². The summed E-state index contributed by atoms with van der Waals surface area (Å²) in [7, 11) is 3.16. The van der Waals surface area contributed by atoms with Crippen molar-refractivity contribution in [1.29, 1.82) is 0 Å². The van der Waals surface area contributed by atoms with Gasteiger partial charge < -0.3 is 14.8 Å². The number of methoxy groups -OCH3 is 1. The second-order valence-corrected chi connectivity index (χ2v) is 4.18. The van der Waals surface area contributed by atoms with E-state index in [4.69, 9.17) is 4.74 Å². The summed E-state index contributed by atoms with van der Waals surface area (Å²) in [4.78, 5) is 11.2. The van der Waals surface area contributed by atoms with Crippen LogP contribution in [0.25, 0.3) is 0 Å². The zero-order chi connectivity index (χ0) is 12.9. The van der Waals surface area contributed by atoms with Crippen LogP contribution < -0.4 is 5.32 Å². The van der Waals surface area contributed by atoms with Crippen LogP contribution in [0.4, 0.5) is 0 Å². The molecule has 0 fully saturated rings. The summed E-state index contributed by atoms with van der Waals surface area (Å²) in [6, 6.07) is -0.250. The molecule has 0 radical (unpaired) electrons. The van der Waals surface area contributed by atoms with Crippen molar-refractivity contribution in [2.24, 2.45) is 0 Å². The average Bonchev–Trinajstić information content (AvgIpc) is 2.36. The maximum atomic E-state index is 11.2. The predicted octanol–water partition coefficient (Wildman–Crippen LogP) is 2.12. The van der Waals surface area contributed by atoms with Gasteiger partial charge in [0, 0.05) is 13.2 Å². The first-order chi connectivity index (χ1) is 8.26. The summed E-state index contributed by atoms with van der Waals surface area (Å²) in [5.41, 5.74) is 0. The molecule has 0 aromatic carbocycles. The molecule has 4 heteroatoms. The van der Waals surface area contributed by atoms with Crippen molar-refractivity contribution in [1.82, 2.24) is 5.32 Å². The lowest BCUT2D eigenvalue weighted by Crippen LogP contribution is -2.36. The summed E-state index contributed by atoms with van der Waals surface area (Å²) >= 11 is 0. The van der Waals surface area contributed by atoms with Crippen LogP contribution in [0.1, 0.15) is 45.4 Å². The molecular formula is C13H27NO3. The van der Waals surface area contributed by atoms with Gasteiger partial charge in [0.15, 0.2) is 0 Å². The molecule has 1 atom stereocenters. The van der Waals surface area contributed by atoms with Gasteiger partial charge in [0.1, 0.15) is 6.04 Å². The maximum Gasteiger partial charge on any atom is 0.322 e. The number of nitrogens with one attached hydrogen (secondary N) is 1. The van der Waals surface area contributed by atoms with Gasteiger partial charge in [0.05, 0.1) is 7.11 Å². The Morgan fingerprint density at radius 3 is 2.47 bits per heavy atom.